The zero-order valence-electron chi connectivity index (χ0n) is 15.8. The summed E-state index contributed by atoms with van der Waals surface area (Å²) in [5.74, 6) is 0.0826. The standard InChI is InChI=1S/C21H19BrN2O4S/c1-14-6-11-20(28-2)19(12-14)23-21(25)15-4-3-5-18(13-15)29(26,27)24-17-9-7-16(22)8-10-17/h3-13,24H,1-2H3,(H,23,25). The number of halogens is 1. The molecule has 0 aromatic heterocycles. The van der Waals surface area contributed by atoms with Crippen LogP contribution in [0.1, 0.15) is 15.9 Å². The first kappa shape index (κ1) is 20.9. The molecule has 0 aliphatic heterocycles. The minimum Gasteiger partial charge on any atom is -0.495 e. The van der Waals surface area contributed by atoms with Gasteiger partial charge in [-0.1, -0.05) is 28.1 Å². The second-order valence-electron chi connectivity index (χ2n) is 6.30. The van der Waals surface area contributed by atoms with Crippen molar-refractivity contribution in [3.63, 3.8) is 0 Å². The average Bonchev–Trinajstić information content (AvgIpc) is 2.70. The summed E-state index contributed by atoms with van der Waals surface area (Å²) in [5, 5.41) is 2.77. The van der Waals surface area contributed by atoms with Crippen molar-refractivity contribution in [1.82, 2.24) is 0 Å². The molecule has 0 unspecified atom stereocenters. The van der Waals surface area contributed by atoms with E-state index in [4.69, 9.17) is 4.74 Å². The van der Waals surface area contributed by atoms with Crippen molar-refractivity contribution in [3.05, 3.63) is 82.3 Å². The Bertz CT molecular complexity index is 1150. The van der Waals surface area contributed by atoms with Gasteiger partial charge in [-0.15, -0.1) is 0 Å². The van der Waals surface area contributed by atoms with Gasteiger partial charge in [-0.05, 0) is 67.1 Å². The SMILES string of the molecule is COc1ccc(C)cc1NC(=O)c1cccc(S(=O)(=O)Nc2ccc(Br)cc2)c1. The van der Waals surface area contributed by atoms with Gasteiger partial charge in [0.25, 0.3) is 15.9 Å². The van der Waals surface area contributed by atoms with Crippen LogP contribution in [0.2, 0.25) is 0 Å². The topological polar surface area (TPSA) is 84.5 Å². The van der Waals surface area contributed by atoms with E-state index in [2.05, 4.69) is 26.0 Å². The molecule has 0 saturated carbocycles. The number of amides is 1. The fourth-order valence-electron chi connectivity index (χ4n) is 2.65. The number of methoxy groups -OCH3 is 1. The van der Waals surface area contributed by atoms with E-state index < -0.39 is 15.9 Å². The van der Waals surface area contributed by atoms with Crippen LogP contribution in [-0.4, -0.2) is 21.4 Å². The number of sulfonamides is 1. The lowest BCUT2D eigenvalue weighted by molar-refractivity contribution is 0.102. The predicted molar refractivity (Wildman–Crippen MR) is 117 cm³/mol. The first-order valence-corrected chi connectivity index (χ1v) is 10.9. The Morgan fingerprint density at radius 1 is 1.00 bits per heavy atom. The highest BCUT2D eigenvalue weighted by Crippen LogP contribution is 2.26. The van der Waals surface area contributed by atoms with Gasteiger partial charge in [-0.3, -0.25) is 9.52 Å². The first-order valence-electron chi connectivity index (χ1n) is 8.63. The predicted octanol–water partition coefficient (Wildman–Crippen LogP) is 4.82. The van der Waals surface area contributed by atoms with Crippen molar-refractivity contribution in [2.75, 3.05) is 17.1 Å². The van der Waals surface area contributed by atoms with E-state index in [0.717, 1.165) is 10.0 Å². The molecule has 8 heteroatoms. The van der Waals surface area contributed by atoms with Crippen molar-refractivity contribution >= 4 is 43.2 Å². The monoisotopic (exact) mass is 474 g/mol. The van der Waals surface area contributed by atoms with Crippen LogP contribution >= 0.6 is 15.9 Å². The molecule has 150 valence electrons. The van der Waals surface area contributed by atoms with Gasteiger partial charge in [0, 0.05) is 15.7 Å². The maximum absolute atomic E-state index is 12.7. The van der Waals surface area contributed by atoms with E-state index in [-0.39, 0.29) is 10.5 Å². The highest BCUT2D eigenvalue weighted by atomic mass is 79.9. The van der Waals surface area contributed by atoms with Crippen LogP contribution in [0, 0.1) is 6.92 Å². The molecule has 3 aromatic rings. The van der Waals surface area contributed by atoms with E-state index in [1.807, 2.05) is 13.0 Å². The lowest BCUT2D eigenvalue weighted by Gasteiger charge is -2.12. The molecule has 0 heterocycles. The zero-order valence-corrected chi connectivity index (χ0v) is 18.2. The normalized spacial score (nSPS) is 11.0. The van der Waals surface area contributed by atoms with Crippen molar-refractivity contribution in [3.8, 4) is 5.75 Å². The summed E-state index contributed by atoms with van der Waals surface area (Å²) in [6, 6.07) is 18.0. The van der Waals surface area contributed by atoms with Crippen molar-refractivity contribution in [2.45, 2.75) is 11.8 Å². The van der Waals surface area contributed by atoms with Crippen LogP contribution in [0.3, 0.4) is 0 Å². The molecule has 3 rings (SSSR count). The zero-order chi connectivity index (χ0) is 21.0. The van der Waals surface area contributed by atoms with Crippen molar-refractivity contribution in [2.24, 2.45) is 0 Å². The molecule has 1 amide bonds. The minimum atomic E-state index is -3.84. The van der Waals surface area contributed by atoms with Crippen LogP contribution in [0.4, 0.5) is 11.4 Å². The smallest absolute Gasteiger partial charge is 0.261 e. The Morgan fingerprint density at radius 2 is 1.72 bits per heavy atom. The molecule has 29 heavy (non-hydrogen) atoms. The van der Waals surface area contributed by atoms with Gasteiger partial charge in [0.1, 0.15) is 5.75 Å². The van der Waals surface area contributed by atoms with Gasteiger partial charge in [-0.2, -0.15) is 0 Å². The van der Waals surface area contributed by atoms with Crippen LogP contribution in [0.15, 0.2) is 76.1 Å². The molecule has 0 atom stereocenters. The number of hydrogen-bond donors (Lipinski definition) is 2. The van der Waals surface area contributed by atoms with E-state index in [0.29, 0.717) is 17.1 Å². The summed E-state index contributed by atoms with van der Waals surface area (Å²) in [6.07, 6.45) is 0. The summed E-state index contributed by atoms with van der Waals surface area (Å²) >= 11 is 3.31. The molecule has 0 aliphatic rings. The van der Waals surface area contributed by atoms with E-state index >= 15 is 0 Å². The van der Waals surface area contributed by atoms with Gasteiger partial charge >= 0.3 is 0 Å². The van der Waals surface area contributed by atoms with Crippen LogP contribution in [0.25, 0.3) is 0 Å². The Balaban J connectivity index is 1.84. The Morgan fingerprint density at radius 3 is 2.41 bits per heavy atom. The second kappa shape index (κ2) is 8.67. The third kappa shape index (κ3) is 5.16. The molecule has 0 spiro atoms. The van der Waals surface area contributed by atoms with Crippen molar-refractivity contribution in [1.29, 1.82) is 0 Å². The molecule has 3 aromatic carbocycles. The van der Waals surface area contributed by atoms with Gasteiger partial charge in [-0.25, -0.2) is 8.42 Å². The molecule has 0 fully saturated rings. The number of nitrogens with one attached hydrogen (secondary N) is 2. The molecule has 2 N–H and O–H groups in total. The number of aryl methyl sites for hydroxylation is 1. The minimum absolute atomic E-state index is 0.00993. The molecule has 0 bridgehead atoms. The number of benzene rings is 3. The number of hydrogen-bond acceptors (Lipinski definition) is 4. The molecular weight excluding hydrogens is 456 g/mol. The summed E-state index contributed by atoms with van der Waals surface area (Å²) in [4.78, 5) is 12.7. The lowest BCUT2D eigenvalue weighted by atomic mass is 10.1. The third-order valence-electron chi connectivity index (χ3n) is 4.11. The Hall–Kier alpha value is -2.84. The second-order valence-corrected chi connectivity index (χ2v) is 8.90. The number of anilines is 2. The quantitative estimate of drug-likeness (QED) is 0.536. The van der Waals surface area contributed by atoms with Crippen LogP contribution in [0.5, 0.6) is 5.75 Å². The van der Waals surface area contributed by atoms with E-state index in [1.165, 1.54) is 25.3 Å². The summed E-state index contributed by atoms with van der Waals surface area (Å²) in [7, 11) is -2.33. The van der Waals surface area contributed by atoms with Gasteiger partial charge < -0.3 is 10.1 Å². The van der Waals surface area contributed by atoms with Gasteiger partial charge in [0.2, 0.25) is 0 Å². The molecule has 0 saturated heterocycles. The fraction of sp³-hybridized carbons (Fsp3) is 0.0952. The first-order chi connectivity index (χ1) is 13.8. The average molecular weight is 475 g/mol. The van der Waals surface area contributed by atoms with E-state index in [9.17, 15) is 13.2 Å². The Kier molecular flexibility index (Phi) is 6.24. The van der Waals surface area contributed by atoms with Gasteiger partial charge in [0.15, 0.2) is 0 Å². The molecule has 0 radical (unpaired) electrons. The largest absolute Gasteiger partial charge is 0.495 e. The molecular formula is C21H19BrN2O4S. The van der Waals surface area contributed by atoms with Crippen molar-refractivity contribution < 1.29 is 17.9 Å². The highest BCUT2D eigenvalue weighted by molar-refractivity contribution is 9.10. The third-order valence-corrected chi connectivity index (χ3v) is 6.01. The summed E-state index contributed by atoms with van der Waals surface area (Å²) in [5.41, 5.74) is 2.11. The number of carbonyl (C=O) groups is 1. The summed E-state index contributed by atoms with van der Waals surface area (Å²) in [6.45, 7) is 1.90. The van der Waals surface area contributed by atoms with Crippen LogP contribution in [-0.2, 0) is 10.0 Å². The Labute approximate surface area is 178 Å². The lowest BCUT2D eigenvalue weighted by Crippen LogP contribution is -2.16. The molecule has 6 nitrogen and oxygen atoms in total. The number of carbonyl (C=O) groups excluding carboxylic acids is 1. The van der Waals surface area contributed by atoms with Crippen LogP contribution < -0.4 is 14.8 Å². The maximum Gasteiger partial charge on any atom is 0.261 e. The number of ether oxygens (including phenoxy) is 1. The highest BCUT2D eigenvalue weighted by Gasteiger charge is 2.17. The molecule has 0 aliphatic carbocycles. The van der Waals surface area contributed by atoms with E-state index in [1.54, 1.807) is 42.5 Å². The number of rotatable bonds is 6. The fourth-order valence-corrected chi connectivity index (χ4v) is 4.02. The maximum atomic E-state index is 12.7. The summed E-state index contributed by atoms with van der Waals surface area (Å²) < 4.78 is 34.0. The van der Waals surface area contributed by atoms with Gasteiger partial charge in [0.05, 0.1) is 17.7 Å².